The van der Waals surface area contributed by atoms with Crippen molar-refractivity contribution < 1.29 is 14.0 Å². The summed E-state index contributed by atoms with van der Waals surface area (Å²) in [6, 6.07) is 1.84. The van der Waals surface area contributed by atoms with Gasteiger partial charge in [0.1, 0.15) is 0 Å². The summed E-state index contributed by atoms with van der Waals surface area (Å²) in [6.07, 6.45) is 4.55. The number of carbonyl (C=O) groups excluding carboxylic acids is 2. The van der Waals surface area contributed by atoms with E-state index in [1.807, 2.05) is 19.3 Å². The smallest absolute Gasteiger partial charge is 0.260 e. The molecule has 0 unspecified atom stereocenters. The first-order valence-corrected chi connectivity index (χ1v) is 8.24. The molecule has 2 amide bonds. The molecule has 3 fully saturated rings. The van der Waals surface area contributed by atoms with Crippen LogP contribution in [0.4, 0.5) is 10.2 Å². The van der Waals surface area contributed by atoms with E-state index in [1.54, 1.807) is 14.5 Å². The first-order chi connectivity index (χ1) is 10.9. The Morgan fingerprint density at radius 2 is 1.83 bits per heavy atom. The van der Waals surface area contributed by atoms with Crippen LogP contribution in [0.5, 0.6) is 0 Å². The van der Waals surface area contributed by atoms with E-state index in [9.17, 15) is 14.0 Å². The number of anilines is 1. The molecule has 1 aromatic rings. The zero-order valence-corrected chi connectivity index (χ0v) is 13.3. The summed E-state index contributed by atoms with van der Waals surface area (Å²) in [6.45, 7) is 1.62. The Morgan fingerprint density at radius 1 is 1.17 bits per heavy atom. The number of rotatable bonds is 2. The van der Waals surface area contributed by atoms with Gasteiger partial charge in [-0.1, -0.05) is 0 Å². The molecule has 23 heavy (non-hydrogen) atoms. The molecule has 1 aliphatic carbocycles. The van der Waals surface area contributed by atoms with Crippen molar-refractivity contribution in [3.8, 4) is 0 Å². The largest absolute Gasteiger partial charge is 0.340 e. The zero-order chi connectivity index (χ0) is 16.2. The van der Waals surface area contributed by atoms with E-state index < -0.39 is 11.1 Å². The summed E-state index contributed by atoms with van der Waals surface area (Å²) < 4.78 is 15.6. The fraction of sp³-hybridized carbons (Fsp3) is 0.688. The lowest BCUT2D eigenvalue weighted by atomic mass is 9.77. The summed E-state index contributed by atoms with van der Waals surface area (Å²) in [5.41, 5.74) is -2.01. The Morgan fingerprint density at radius 3 is 2.39 bits per heavy atom. The average molecular weight is 320 g/mol. The molecule has 0 N–H and O–H groups in total. The average Bonchev–Trinajstić information content (AvgIpc) is 3.04. The molecule has 1 spiro atoms. The van der Waals surface area contributed by atoms with Gasteiger partial charge < -0.3 is 4.90 Å². The molecule has 124 valence electrons. The predicted octanol–water partition coefficient (Wildman–Crippen LogP) is 1.27. The van der Waals surface area contributed by atoms with Gasteiger partial charge in [0.25, 0.3) is 5.91 Å². The first-order valence-electron chi connectivity index (χ1n) is 8.24. The van der Waals surface area contributed by atoms with Crippen molar-refractivity contribution in [2.24, 2.45) is 12.5 Å². The minimum absolute atomic E-state index is 0.102. The van der Waals surface area contributed by atoms with Gasteiger partial charge in [-0.2, -0.15) is 5.10 Å². The van der Waals surface area contributed by atoms with Gasteiger partial charge >= 0.3 is 0 Å². The van der Waals surface area contributed by atoms with E-state index in [2.05, 4.69) is 5.10 Å². The van der Waals surface area contributed by atoms with Gasteiger partial charge in [0.2, 0.25) is 5.91 Å². The third kappa shape index (κ3) is 2.24. The SMILES string of the molecule is Cn1ccc(N2CCC3(CCN(C(=O)C4(F)CC4)CC3)C2=O)n1. The molecule has 0 aromatic carbocycles. The summed E-state index contributed by atoms with van der Waals surface area (Å²) in [4.78, 5) is 28.3. The van der Waals surface area contributed by atoms with Crippen molar-refractivity contribution in [1.82, 2.24) is 14.7 Å². The number of amides is 2. The van der Waals surface area contributed by atoms with Crippen molar-refractivity contribution in [1.29, 1.82) is 0 Å². The summed E-state index contributed by atoms with van der Waals surface area (Å²) >= 11 is 0. The summed E-state index contributed by atoms with van der Waals surface area (Å²) in [7, 11) is 1.83. The van der Waals surface area contributed by atoms with Crippen LogP contribution in [-0.4, -0.2) is 51.8 Å². The number of carbonyl (C=O) groups is 2. The standard InChI is InChI=1S/C16H21FN4O2/c1-19-8-2-12(18-19)21-11-7-15(13(21)22)5-9-20(10-6-15)14(23)16(17)3-4-16/h2,8H,3-7,9-11H2,1H3. The van der Waals surface area contributed by atoms with Crippen LogP contribution in [0.25, 0.3) is 0 Å². The minimum atomic E-state index is -1.61. The number of hydrogen-bond acceptors (Lipinski definition) is 3. The molecular weight excluding hydrogens is 299 g/mol. The molecule has 0 atom stereocenters. The van der Waals surface area contributed by atoms with E-state index in [0.717, 1.165) is 6.42 Å². The van der Waals surface area contributed by atoms with Crippen molar-refractivity contribution in [2.75, 3.05) is 24.5 Å². The Hall–Kier alpha value is -1.92. The van der Waals surface area contributed by atoms with Crippen molar-refractivity contribution in [2.45, 2.75) is 37.8 Å². The second-order valence-corrected chi connectivity index (χ2v) is 7.09. The molecule has 0 bridgehead atoms. The van der Waals surface area contributed by atoms with Crippen LogP contribution in [0, 0.1) is 5.41 Å². The number of halogens is 1. The molecule has 3 aliphatic rings. The Labute approximate surface area is 134 Å². The number of alkyl halides is 1. The first kappa shape index (κ1) is 14.7. The topological polar surface area (TPSA) is 58.4 Å². The highest BCUT2D eigenvalue weighted by atomic mass is 19.1. The minimum Gasteiger partial charge on any atom is -0.340 e. The molecular formula is C16H21FN4O2. The third-order valence-corrected chi connectivity index (χ3v) is 5.57. The lowest BCUT2D eigenvalue weighted by Gasteiger charge is -2.38. The molecule has 4 rings (SSSR count). The van der Waals surface area contributed by atoms with Crippen molar-refractivity contribution >= 4 is 17.6 Å². The number of piperidine rings is 1. The zero-order valence-electron chi connectivity index (χ0n) is 13.3. The number of likely N-dealkylation sites (tertiary alicyclic amines) is 1. The number of hydrogen-bond donors (Lipinski definition) is 0. The molecule has 1 saturated carbocycles. The monoisotopic (exact) mass is 320 g/mol. The maximum Gasteiger partial charge on any atom is 0.260 e. The van der Waals surface area contributed by atoms with Crippen LogP contribution in [-0.2, 0) is 16.6 Å². The molecule has 6 nitrogen and oxygen atoms in total. The summed E-state index contributed by atoms with van der Waals surface area (Å²) in [5.74, 6) is 0.414. The molecule has 0 radical (unpaired) electrons. The van der Waals surface area contributed by atoms with E-state index in [-0.39, 0.29) is 11.8 Å². The lowest BCUT2D eigenvalue weighted by Crippen LogP contribution is -2.49. The lowest BCUT2D eigenvalue weighted by molar-refractivity contribution is -0.143. The number of aromatic nitrogens is 2. The highest BCUT2D eigenvalue weighted by Gasteiger charge is 2.55. The van der Waals surface area contributed by atoms with Gasteiger partial charge in [-0.25, -0.2) is 4.39 Å². The van der Waals surface area contributed by atoms with Crippen LogP contribution in [0.3, 0.4) is 0 Å². The second kappa shape index (κ2) is 4.79. The maximum atomic E-state index is 13.9. The van der Waals surface area contributed by atoms with Crippen molar-refractivity contribution in [3.63, 3.8) is 0 Å². The third-order valence-electron chi connectivity index (χ3n) is 5.57. The van der Waals surface area contributed by atoms with Crippen LogP contribution in [0.1, 0.15) is 32.1 Å². The Bertz CT molecular complexity index is 659. The quantitative estimate of drug-likeness (QED) is 0.824. The summed E-state index contributed by atoms with van der Waals surface area (Å²) in [5, 5.41) is 4.31. The fourth-order valence-electron chi connectivity index (χ4n) is 3.79. The van der Waals surface area contributed by atoms with E-state index in [1.165, 1.54) is 0 Å². The van der Waals surface area contributed by atoms with Gasteiger partial charge in [-0.3, -0.25) is 19.2 Å². The van der Waals surface area contributed by atoms with Gasteiger partial charge in [0, 0.05) is 38.9 Å². The Balaban J connectivity index is 1.45. The number of aryl methyl sites for hydroxylation is 1. The molecule has 2 saturated heterocycles. The van der Waals surface area contributed by atoms with Crippen molar-refractivity contribution in [3.05, 3.63) is 12.3 Å². The van der Waals surface area contributed by atoms with Crippen LogP contribution in [0.2, 0.25) is 0 Å². The van der Waals surface area contributed by atoms with E-state index in [0.29, 0.717) is 51.1 Å². The number of nitrogens with zero attached hydrogens (tertiary/aromatic N) is 4. The predicted molar refractivity (Wildman–Crippen MR) is 81.5 cm³/mol. The van der Waals surface area contributed by atoms with Gasteiger partial charge in [-0.05, 0) is 32.1 Å². The van der Waals surface area contributed by atoms with E-state index in [4.69, 9.17) is 0 Å². The maximum absolute atomic E-state index is 13.9. The van der Waals surface area contributed by atoms with Gasteiger partial charge in [-0.15, -0.1) is 0 Å². The van der Waals surface area contributed by atoms with Crippen LogP contribution in [0.15, 0.2) is 12.3 Å². The van der Waals surface area contributed by atoms with E-state index >= 15 is 0 Å². The normalized spacial score (nSPS) is 25.2. The Kier molecular flexibility index (Phi) is 3.05. The molecule has 3 heterocycles. The van der Waals surface area contributed by atoms with Crippen LogP contribution < -0.4 is 4.90 Å². The second-order valence-electron chi connectivity index (χ2n) is 7.09. The molecule has 1 aromatic heterocycles. The van der Waals surface area contributed by atoms with Crippen LogP contribution >= 0.6 is 0 Å². The fourth-order valence-corrected chi connectivity index (χ4v) is 3.79. The highest BCUT2D eigenvalue weighted by Crippen LogP contribution is 2.46. The van der Waals surface area contributed by atoms with Gasteiger partial charge in [0.05, 0.1) is 5.41 Å². The van der Waals surface area contributed by atoms with Gasteiger partial charge in [0.15, 0.2) is 11.5 Å². The molecule has 7 heteroatoms. The molecule has 2 aliphatic heterocycles. The highest BCUT2D eigenvalue weighted by molar-refractivity contribution is 5.99.